The molecule has 0 aromatic heterocycles. The predicted molar refractivity (Wildman–Crippen MR) is 240 cm³/mol. The van der Waals surface area contributed by atoms with Crippen LogP contribution in [0.4, 0.5) is 0 Å². The fourth-order valence-electron chi connectivity index (χ4n) is 7.36. The second-order valence-electron chi connectivity index (χ2n) is 16.7. The van der Waals surface area contributed by atoms with Crippen LogP contribution in [-0.2, 0) is 37.5 Å². The van der Waals surface area contributed by atoms with Gasteiger partial charge in [0.25, 0.3) is 0 Å². The number of allylic oxidation sites excluding steroid dienone is 8. The van der Waals surface area contributed by atoms with Crippen molar-refractivity contribution in [3.63, 3.8) is 0 Å². The lowest BCUT2D eigenvalue weighted by molar-refractivity contribution is -0.166. The minimum atomic E-state index is -5.47. The summed E-state index contributed by atoms with van der Waals surface area (Å²) in [5.41, 5.74) is 0. The van der Waals surface area contributed by atoms with Crippen LogP contribution in [0, 0.1) is 11.8 Å². The molecule has 2 aliphatic rings. The number of hydrogen-bond donors (Lipinski definition) is 8. The van der Waals surface area contributed by atoms with Crippen molar-refractivity contribution in [3.8, 4) is 0 Å². The third-order valence-corrected chi connectivity index (χ3v) is 12.2. The first-order valence-electron chi connectivity index (χ1n) is 23.2. The number of rotatable bonds is 20. The molecule has 1 unspecified atom stereocenters. The van der Waals surface area contributed by atoms with Crippen molar-refractivity contribution in [2.75, 3.05) is 13.2 Å². The zero-order valence-corrected chi connectivity index (χ0v) is 38.7. The number of ketones is 1. The Hall–Kier alpha value is -2.86. The van der Waals surface area contributed by atoms with E-state index in [1.165, 1.54) is 18.2 Å². The van der Waals surface area contributed by atoms with E-state index in [0.717, 1.165) is 64.2 Å². The smallest absolute Gasteiger partial charge is 0.462 e. The first-order valence-corrected chi connectivity index (χ1v) is 24.7. The van der Waals surface area contributed by atoms with Gasteiger partial charge in [0.1, 0.15) is 36.8 Å². The maximum absolute atomic E-state index is 13.6. The molecule has 1 aliphatic carbocycles. The van der Waals surface area contributed by atoms with Crippen LogP contribution in [0.25, 0.3) is 0 Å². The molecule has 0 aromatic carbocycles. The van der Waals surface area contributed by atoms with Crippen LogP contribution in [0.15, 0.2) is 60.8 Å². The highest BCUT2D eigenvalue weighted by atomic mass is 31.2. The molecule has 0 saturated heterocycles. The molecule has 0 radical (unpaired) electrons. The van der Waals surface area contributed by atoms with E-state index in [1.807, 2.05) is 6.92 Å². The van der Waals surface area contributed by atoms with Crippen LogP contribution in [0.2, 0.25) is 0 Å². The molecule has 64 heavy (non-hydrogen) atoms. The van der Waals surface area contributed by atoms with Crippen LogP contribution in [0.1, 0.15) is 136 Å². The Morgan fingerprint density at radius 1 is 0.828 bits per heavy atom. The van der Waals surface area contributed by atoms with Crippen molar-refractivity contribution in [1.29, 1.82) is 0 Å². The van der Waals surface area contributed by atoms with E-state index in [9.17, 15) is 59.6 Å². The van der Waals surface area contributed by atoms with Crippen molar-refractivity contribution in [3.05, 3.63) is 60.8 Å². The van der Waals surface area contributed by atoms with Crippen LogP contribution in [0.3, 0.4) is 0 Å². The highest BCUT2D eigenvalue weighted by Gasteiger charge is 2.49. The summed E-state index contributed by atoms with van der Waals surface area (Å²) in [5.74, 6) is -5.12. The number of carbonyl (C=O) groups excluding carboxylic acids is 3. The molecule has 2 rings (SSSR count). The van der Waals surface area contributed by atoms with Gasteiger partial charge in [-0.1, -0.05) is 113 Å². The van der Waals surface area contributed by atoms with Crippen LogP contribution >= 0.6 is 7.82 Å². The molecule has 0 amide bonds. The molecule has 0 aromatic rings. The van der Waals surface area contributed by atoms with Crippen LogP contribution in [-0.4, -0.2) is 127 Å². The zero-order valence-electron chi connectivity index (χ0n) is 37.8. The molecule has 1 fully saturated rings. The fourth-order valence-corrected chi connectivity index (χ4v) is 8.33. The summed E-state index contributed by atoms with van der Waals surface area (Å²) in [4.78, 5) is 50.0. The molecule has 2 bridgehead atoms. The maximum Gasteiger partial charge on any atom is 0.472 e. The Balaban J connectivity index is 2.23. The number of cyclic esters (lactones) is 1. The molecule has 1 heterocycles. The van der Waals surface area contributed by atoms with E-state index in [1.54, 1.807) is 6.08 Å². The number of phosphoric ester groups is 1. The maximum atomic E-state index is 13.6. The third-order valence-electron chi connectivity index (χ3n) is 11.2. The number of hydrogen-bond acceptors (Lipinski definition) is 15. The minimum Gasteiger partial charge on any atom is -0.462 e. The molecule has 366 valence electrons. The average molecular weight is 929 g/mol. The Kier molecular flexibility index (Phi) is 29.3. The fraction of sp³-hybridized carbons (Fsp3) is 0.723. The second-order valence-corrected chi connectivity index (χ2v) is 18.1. The van der Waals surface area contributed by atoms with E-state index < -0.39 is 112 Å². The number of esters is 2. The normalized spacial score (nSPS) is 32.1. The molecule has 8 N–H and O–H groups in total. The van der Waals surface area contributed by atoms with E-state index in [2.05, 4.69) is 43.4 Å². The van der Waals surface area contributed by atoms with Crippen molar-refractivity contribution in [2.24, 2.45) is 11.8 Å². The van der Waals surface area contributed by atoms with Gasteiger partial charge in [-0.3, -0.25) is 23.4 Å². The van der Waals surface area contributed by atoms with Crippen LogP contribution < -0.4 is 0 Å². The number of ether oxygens (including phenoxy) is 2. The van der Waals surface area contributed by atoms with Gasteiger partial charge in [-0.25, -0.2) is 4.57 Å². The lowest BCUT2D eigenvalue weighted by Crippen LogP contribution is -2.55. The Labute approximate surface area is 379 Å². The number of fused-ring (bicyclic) bond motifs is 4. The standard InChI is InChI=1S/C47H77O16P/c1-3-5-7-8-9-10-11-12-13-14-15-16-17-18-24-28-41(52)62-35-32-60-40(51)27-23-20-19-22-26-36-38(49)31-39(50)37(30-29-34(48)25-21-6-4-2)43(54)45(56)47(46(57)44(55)42(36)53)63-64(58,59)61-33-35/h5,7,9-10,12-13,19,22,29-30,34-37,39,42-48,50,53-57H,3-4,6,8,11,14-18,20-21,23-28,31-33H2,1-2H3,(H,58,59)/b7-5-,10-9-,13-12-,22-19-,30-29+/t34-,35+,36-,37-,39+,42+,43+,44-,45+,46+,47+/m0/s1. The van der Waals surface area contributed by atoms with Gasteiger partial charge in [0, 0.05) is 31.1 Å². The summed E-state index contributed by atoms with van der Waals surface area (Å²) < 4.78 is 34.6. The Morgan fingerprint density at radius 2 is 1.50 bits per heavy atom. The molecular formula is C47H77O16P. The highest BCUT2D eigenvalue weighted by molar-refractivity contribution is 7.47. The summed E-state index contributed by atoms with van der Waals surface area (Å²) >= 11 is 0. The number of aliphatic hydroxyl groups is 7. The van der Waals surface area contributed by atoms with E-state index in [0.29, 0.717) is 25.7 Å². The first-order chi connectivity index (χ1) is 30.6. The summed E-state index contributed by atoms with van der Waals surface area (Å²) in [6.07, 6.45) is 10.8. The molecular weight excluding hydrogens is 851 g/mol. The number of unbranched alkanes of at least 4 members (excludes halogenated alkanes) is 7. The van der Waals surface area contributed by atoms with E-state index in [4.69, 9.17) is 18.5 Å². The summed E-state index contributed by atoms with van der Waals surface area (Å²) in [6, 6.07) is 0. The largest absolute Gasteiger partial charge is 0.472 e. The zero-order chi connectivity index (χ0) is 47.3. The lowest BCUT2D eigenvalue weighted by atomic mass is 9.84. The molecule has 1 aliphatic heterocycles. The van der Waals surface area contributed by atoms with Gasteiger partial charge in [0.15, 0.2) is 6.10 Å². The van der Waals surface area contributed by atoms with E-state index >= 15 is 0 Å². The van der Waals surface area contributed by atoms with Crippen molar-refractivity contribution < 1.29 is 78.1 Å². The lowest BCUT2D eigenvalue weighted by Gasteiger charge is -2.36. The molecule has 12 atom stereocenters. The summed E-state index contributed by atoms with van der Waals surface area (Å²) in [7, 11) is -5.47. The molecule has 17 heteroatoms. The molecule has 0 spiro atoms. The van der Waals surface area contributed by atoms with Crippen molar-refractivity contribution in [2.45, 2.75) is 191 Å². The number of phosphoric acid groups is 1. The van der Waals surface area contributed by atoms with E-state index in [-0.39, 0.29) is 25.7 Å². The SMILES string of the molecule is CC/C=C\C/C=C\C/C=C\CCCCCCCC(=O)O[C@@H]1COC(=O)CCC/C=C\C[C@H]2C(=O)C[C@@H](O)[C@H](/C=C/[C@@H](O)CCCCC)[C@@H](O)[C@@H](O)[C@@H](OP(=O)(O)OC1)[C@H](O)[C@@H](O)[C@@H]2O. The van der Waals surface area contributed by atoms with Crippen molar-refractivity contribution in [1.82, 2.24) is 0 Å². The Morgan fingerprint density at radius 3 is 2.22 bits per heavy atom. The van der Waals surface area contributed by atoms with Gasteiger partial charge in [-0.05, 0) is 64.2 Å². The number of Topliss-reactive ketones (excluding diaryl/α,β-unsaturated/α-hetero) is 1. The molecule has 1 saturated carbocycles. The predicted octanol–water partition coefficient (Wildman–Crippen LogP) is 5.53. The van der Waals surface area contributed by atoms with Crippen LogP contribution in [0.5, 0.6) is 0 Å². The Bertz CT molecular complexity index is 1530. The van der Waals surface area contributed by atoms with Gasteiger partial charge < -0.3 is 50.1 Å². The second kappa shape index (κ2) is 32.8. The van der Waals surface area contributed by atoms with Gasteiger partial charge in [0.2, 0.25) is 0 Å². The van der Waals surface area contributed by atoms with Crippen molar-refractivity contribution >= 4 is 25.5 Å². The number of aliphatic hydroxyl groups excluding tert-OH is 7. The van der Waals surface area contributed by atoms with Gasteiger partial charge in [0.05, 0.1) is 31.0 Å². The minimum absolute atomic E-state index is 0.00302. The summed E-state index contributed by atoms with van der Waals surface area (Å²) in [5, 5.41) is 78.5. The van der Waals surface area contributed by atoms with Gasteiger partial charge in [-0.2, -0.15) is 0 Å². The number of carbonyl (C=O) groups is 3. The molecule has 16 nitrogen and oxygen atoms in total. The quantitative estimate of drug-likeness (QED) is 0.0323. The third kappa shape index (κ3) is 23.0. The average Bonchev–Trinajstić information content (AvgIpc) is 3.26. The monoisotopic (exact) mass is 928 g/mol. The first kappa shape index (κ1) is 57.3. The topological polar surface area (TPSA) is 267 Å². The highest BCUT2D eigenvalue weighted by Crippen LogP contribution is 2.47. The van der Waals surface area contributed by atoms with Gasteiger partial charge >= 0.3 is 19.8 Å². The summed E-state index contributed by atoms with van der Waals surface area (Å²) in [6.45, 7) is 2.65. The van der Waals surface area contributed by atoms with Gasteiger partial charge in [-0.15, -0.1) is 0 Å².